The van der Waals surface area contributed by atoms with Gasteiger partial charge in [-0.15, -0.1) is 0 Å². The van der Waals surface area contributed by atoms with Gasteiger partial charge in [-0.3, -0.25) is 4.40 Å². The molecule has 0 saturated heterocycles. The van der Waals surface area contributed by atoms with Gasteiger partial charge in [0.25, 0.3) is 0 Å². The van der Waals surface area contributed by atoms with Gasteiger partial charge < -0.3 is 15.3 Å². The van der Waals surface area contributed by atoms with Gasteiger partial charge in [-0.05, 0) is 24.3 Å². The van der Waals surface area contributed by atoms with E-state index in [1.807, 2.05) is 0 Å². The Labute approximate surface area is 113 Å². The summed E-state index contributed by atoms with van der Waals surface area (Å²) >= 11 is 0. The number of pyridine rings is 1. The number of carboxylic acids is 1. The SMILES string of the molecule is O=C(O)c1nc(-c2ccccc2O)n2c(O)cccc12. The number of imidazole rings is 1. The van der Waals surface area contributed by atoms with Crippen LogP contribution in [-0.2, 0) is 0 Å². The number of aromatic carboxylic acids is 1. The number of rotatable bonds is 2. The molecule has 1 aromatic carbocycles. The summed E-state index contributed by atoms with van der Waals surface area (Å²) in [5.41, 5.74) is 0.423. The molecule has 0 fully saturated rings. The van der Waals surface area contributed by atoms with Crippen molar-refractivity contribution >= 4 is 11.5 Å². The fraction of sp³-hybridized carbons (Fsp3) is 0. The Morgan fingerprint density at radius 2 is 1.80 bits per heavy atom. The highest BCUT2D eigenvalue weighted by molar-refractivity contribution is 5.95. The van der Waals surface area contributed by atoms with Crippen LogP contribution in [0.3, 0.4) is 0 Å². The zero-order chi connectivity index (χ0) is 14.3. The molecule has 0 saturated carbocycles. The molecule has 0 amide bonds. The third-order valence-corrected chi connectivity index (χ3v) is 2.99. The molecule has 0 spiro atoms. The topological polar surface area (TPSA) is 95.1 Å². The molecule has 0 atom stereocenters. The Morgan fingerprint density at radius 1 is 1.05 bits per heavy atom. The van der Waals surface area contributed by atoms with Crippen LogP contribution in [0.15, 0.2) is 42.5 Å². The van der Waals surface area contributed by atoms with Crippen molar-refractivity contribution in [1.82, 2.24) is 9.38 Å². The monoisotopic (exact) mass is 270 g/mol. The third-order valence-electron chi connectivity index (χ3n) is 2.99. The number of hydrogen-bond donors (Lipinski definition) is 3. The maximum absolute atomic E-state index is 11.2. The second-order valence-corrected chi connectivity index (χ2v) is 4.21. The number of para-hydroxylation sites is 1. The van der Waals surface area contributed by atoms with E-state index in [9.17, 15) is 20.1 Å². The largest absolute Gasteiger partial charge is 0.507 e. The van der Waals surface area contributed by atoms with Gasteiger partial charge in [-0.2, -0.15) is 0 Å². The molecule has 3 rings (SSSR count). The number of fused-ring (bicyclic) bond motifs is 1. The Hall–Kier alpha value is -3.02. The smallest absolute Gasteiger partial charge is 0.356 e. The predicted molar refractivity (Wildman–Crippen MR) is 70.9 cm³/mol. The van der Waals surface area contributed by atoms with E-state index in [-0.39, 0.29) is 28.7 Å². The number of phenols is 1. The van der Waals surface area contributed by atoms with Gasteiger partial charge in [-0.25, -0.2) is 9.78 Å². The Balaban J connectivity index is 2.43. The van der Waals surface area contributed by atoms with Crippen LogP contribution >= 0.6 is 0 Å². The minimum Gasteiger partial charge on any atom is -0.507 e. The first-order valence-electron chi connectivity index (χ1n) is 5.81. The number of hydrogen-bond acceptors (Lipinski definition) is 4. The molecular weight excluding hydrogens is 260 g/mol. The van der Waals surface area contributed by atoms with Crippen molar-refractivity contribution in [2.24, 2.45) is 0 Å². The van der Waals surface area contributed by atoms with Crippen molar-refractivity contribution in [1.29, 1.82) is 0 Å². The van der Waals surface area contributed by atoms with Crippen molar-refractivity contribution in [3.63, 3.8) is 0 Å². The highest BCUT2D eigenvalue weighted by atomic mass is 16.4. The van der Waals surface area contributed by atoms with E-state index in [1.165, 1.54) is 22.6 Å². The predicted octanol–water partition coefficient (Wildman–Crippen LogP) is 2.11. The number of phenolic OH excluding ortho intramolecular Hbond substituents is 1. The third kappa shape index (κ3) is 1.66. The van der Waals surface area contributed by atoms with Crippen LogP contribution in [-0.4, -0.2) is 30.7 Å². The molecule has 3 N–H and O–H groups in total. The molecule has 0 aliphatic carbocycles. The minimum absolute atomic E-state index is 0.0420. The number of nitrogens with zero attached hydrogens (tertiary/aromatic N) is 2. The quantitative estimate of drug-likeness (QED) is 0.663. The van der Waals surface area contributed by atoms with Gasteiger partial charge in [0.05, 0.1) is 11.1 Å². The lowest BCUT2D eigenvalue weighted by atomic mass is 10.2. The first-order chi connectivity index (χ1) is 9.59. The molecule has 3 aromatic rings. The second-order valence-electron chi connectivity index (χ2n) is 4.21. The van der Waals surface area contributed by atoms with E-state index in [4.69, 9.17) is 0 Å². The van der Waals surface area contributed by atoms with E-state index in [1.54, 1.807) is 24.3 Å². The zero-order valence-electron chi connectivity index (χ0n) is 10.2. The van der Waals surface area contributed by atoms with Gasteiger partial charge in [0.1, 0.15) is 5.75 Å². The van der Waals surface area contributed by atoms with Gasteiger partial charge in [0, 0.05) is 0 Å². The van der Waals surface area contributed by atoms with Crippen LogP contribution in [0.1, 0.15) is 10.5 Å². The van der Waals surface area contributed by atoms with E-state index in [0.29, 0.717) is 5.56 Å². The maximum Gasteiger partial charge on any atom is 0.356 e. The van der Waals surface area contributed by atoms with Gasteiger partial charge in [0.15, 0.2) is 17.4 Å². The Morgan fingerprint density at radius 3 is 2.50 bits per heavy atom. The summed E-state index contributed by atoms with van der Waals surface area (Å²) in [6, 6.07) is 10.9. The van der Waals surface area contributed by atoms with Crippen molar-refractivity contribution < 1.29 is 20.1 Å². The summed E-state index contributed by atoms with van der Waals surface area (Å²) in [6.45, 7) is 0. The number of benzene rings is 1. The molecule has 6 nitrogen and oxygen atoms in total. The van der Waals surface area contributed by atoms with Gasteiger partial charge in [-0.1, -0.05) is 18.2 Å². The summed E-state index contributed by atoms with van der Waals surface area (Å²) in [4.78, 5) is 15.3. The van der Waals surface area contributed by atoms with Crippen LogP contribution in [0.5, 0.6) is 11.6 Å². The normalized spacial score (nSPS) is 10.8. The fourth-order valence-electron chi connectivity index (χ4n) is 2.12. The first-order valence-corrected chi connectivity index (χ1v) is 5.81. The molecule has 0 radical (unpaired) electrons. The highest BCUT2D eigenvalue weighted by Gasteiger charge is 2.20. The number of carboxylic acid groups (broad SMARTS) is 1. The molecule has 100 valence electrons. The van der Waals surface area contributed by atoms with E-state index < -0.39 is 5.97 Å². The lowest BCUT2D eigenvalue weighted by molar-refractivity contribution is 0.0693. The zero-order valence-corrected chi connectivity index (χ0v) is 10.2. The van der Waals surface area contributed by atoms with Crippen molar-refractivity contribution in [2.75, 3.05) is 0 Å². The molecule has 2 aromatic heterocycles. The highest BCUT2D eigenvalue weighted by Crippen LogP contribution is 2.32. The van der Waals surface area contributed by atoms with Crippen molar-refractivity contribution in [3.05, 3.63) is 48.2 Å². The standard InChI is InChI=1S/C14H10N2O4/c17-10-6-2-1-4-8(10)13-15-12(14(19)20)9-5-3-7-11(18)16(9)13/h1-7,17-18H,(H,19,20). The van der Waals surface area contributed by atoms with Crippen molar-refractivity contribution in [2.45, 2.75) is 0 Å². The van der Waals surface area contributed by atoms with Crippen LogP contribution in [0.25, 0.3) is 16.9 Å². The molecule has 0 aliphatic rings. The lowest BCUT2D eigenvalue weighted by Crippen LogP contribution is -1.97. The summed E-state index contributed by atoms with van der Waals surface area (Å²) in [6.07, 6.45) is 0. The average Bonchev–Trinajstić information content (AvgIpc) is 2.80. The van der Waals surface area contributed by atoms with E-state index >= 15 is 0 Å². The van der Waals surface area contributed by atoms with Crippen LogP contribution < -0.4 is 0 Å². The summed E-state index contributed by atoms with van der Waals surface area (Å²) in [7, 11) is 0. The van der Waals surface area contributed by atoms with Crippen LogP contribution in [0, 0.1) is 0 Å². The number of carbonyl (C=O) groups is 1. The number of aromatic hydroxyl groups is 2. The maximum atomic E-state index is 11.2. The molecule has 0 unspecified atom stereocenters. The van der Waals surface area contributed by atoms with Crippen LogP contribution in [0.2, 0.25) is 0 Å². The summed E-state index contributed by atoms with van der Waals surface area (Å²) < 4.78 is 1.29. The summed E-state index contributed by atoms with van der Waals surface area (Å²) in [5.74, 6) is -1.22. The Kier molecular flexibility index (Phi) is 2.57. The van der Waals surface area contributed by atoms with E-state index in [2.05, 4.69) is 4.98 Å². The molecule has 20 heavy (non-hydrogen) atoms. The van der Waals surface area contributed by atoms with E-state index in [0.717, 1.165) is 0 Å². The van der Waals surface area contributed by atoms with Crippen LogP contribution in [0.4, 0.5) is 0 Å². The fourth-order valence-corrected chi connectivity index (χ4v) is 2.12. The van der Waals surface area contributed by atoms with Gasteiger partial charge >= 0.3 is 5.97 Å². The summed E-state index contributed by atoms with van der Waals surface area (Å²) in [5, 5.41) is 29.0. The average molecular weight is 270 g/mol. The van der Waals surface area contributed by atoms with Crippen molar-refractivity contribution in [3.8, 4) is 23.0 Å². The second kappa shape index (κ2) is 4.27. The molecule has 6 heteroatoms. The molecular formula is C14H10N2O4. The Bertz CT molecular complexity index is 823. The molecule has 2 heterocycles. The molecule has 0 bridgehead atoms. The minimum atomic E-state index is -1.20. The first kappa shape index (κ1) is 12.0. The number of aromatic nitrogens is 2. The molecule has 0 aliphatic heterocycles. The van der Waals surface area contributed by atoms with Gasteiger partial charge in [0.2, 0.25) is 0 Å². The lowest BCUT2D eigenvalue weighted by Gasteiger charge is -2.05.